The molecular weight excluding hydrogens is 378 g/mol. The third-order valence-electron chi connectivity index (χ3n) is 4.74. The Morgan fingerprint density at radius 1 is 1.13 bits per heavy atom. The molecule has 1 N–H and O–H groups in total. The molecule has 7 heteroatoms. The number of nitrogens with zero attached hydrogens (tertiary/aromatic N) is 4. The van der Waals surface area contributed by atoms with E-state index < -0.39 is 0 Å². The highest BCUT2D eigenvalue weighted by atomic mass is 16.5. The van der Waals surface area contributed by atoms with Gasteiger partial charge in [-0.2, -0.15) is 5.10 Å². The number of ether oxygens (including phenoxy) is 1. The Labute approximate surface area is 174 Å². The van der Waals surface area contributed by atoms with Gasteiger partial charge in [-0.3, -0.25) is 4.79 Å². The molecule has 0 fully saturated rings. The molecule has 0 atom stereocenters. The summed E-state index contributed by atoms with van der Waals surface area (Å²) in [4.78, 5) is 19.5. The van der Waals surface area contributed by atoms with Crippen LogP contribution in [0.3, 0.4) is 0 Å². The topological polar surface area (TPSA) is 71.8 Å². The van der Waals surface area contributed by atoms with Crippen molar-refractivity contribution in [2.75, 3.05) is 24.4 Å². The number of aryl methyl sites for hydroxylation is 1. The van der Waals surface area contributed by atoms with Gasteiger partial charge in [0, 0.05) is 31.4 Å². The Balaban J connectivity index is 1.63. The van der Waals surface area contributed by atoms with E-state index in [-0.39, 0.29) is 5.91 Å². The van der Waals surface area contributed by atoms with Gasteiger partial charge in [0.1, 0.15) is 11.3 Å². The summed E-state index contributed by atoms with van der Waals surface area (Å²) in [6, 6.07) is 19.2. The Morgan fingerprint density at radius 3 is 2.70 bits per heavy atom. The largest absolute Gasteiger partial charge is 0.497 e. The molecule has 30 heavy (non-hydrogen) atoms. The van der Waals surface area contributed by atoms with Crippen LogP contribution in [0.5, 0.6) is 5.75 Å². The van der Waals surface area contributed by atoms with Gasteiger partial charge in [0.2, 0.25) is 0 Å². The second-order valence-corrected chi connectivity index (χ2v) is 7.09. The average Bonchev–Trinajstić information content (AvgIpc) is 3.18. The van der Waals surface area contributed by atoms with Gasteiger partial charge < -0.3 is 15.0 Å². The molecule has 0 unspecified atom stereocenters. The van der Waals surface area contributed by atoms with E-state index in [9.17, 15) is 4.79 Å². The summed E-state index contributed by atoms with van der Waals surface area (Å²) < 4.78 is 6.92. The first-order valence-electron chi connectivity index (χ1n) is 9.61. The van der Waals surface area contributed by atoms with Crippen LogP contribution in [0, 0.1) is 6.92 Å². The van der Waals surface area contributed by atoms with Crippen molar-refractivity contribution < 1.29 is 9.53 Å². The number of benzene rings is 2. The van der Waals surface area contributed by atoms with Crippen molar-refractivity contribution in [2.24, 2.45) is 0 Å². The highest BCUT2D eigenvalue weighted by Crippen LogP contribution is 2.23. The average molecular weight is 401 g/mol. The maximum atomic E-state index is 12.8. The molecule has 0 aliphatic rings. The number of hydrogen-bond acceptors (Lipinski definition) is 5. The molecule has 1 amide bonds. The third-order valence-corrected chi connectivity index (χ3v) is 4.74. The number of nitrogens with one attached hydrogen (secondary N) is 1. The monoisotopic (exact) mass is 401 g/mol. The van der Waals surface area contributed by atoms with Crippen molar-refractivity contribution in [3.8, 4) is 5.75 Å². The molecule has 0 bridgehead atoms. The first-order valence-corrected chi connectivity index (χ1v) is 9.61. The minimum Gasteiger partial charge on any atom is -0.497 e. The molecule has 0 aliphatic carbocycles. The van der Waals surface area contributed by atoms with Gasteiger partial charge in [-0.15, -0.1) is 0 Å². The molecule has 0 saturated carbocycles. The summed E-state index contributed by atoms with van der Waals surface area (Å²) in [5.74, 6) is 1.15. The summed E-state index contributed by atoms with van der Waals surface area (Å²) in [5, 5.41) is 7.34. The second-order valence-electron chi connectivity index (χ2n) is 7.09. The molecule has 4 rings (SSSR count). The molecule has 152 valence electrons. The molecular formula is C23H23N5O2. The lowest BCUT2D eigenvalue weighted by atomic mass is 10.2. The van der Waals surface area contributed by atoms with E-state index in [1.54, 1.807) is 29.8 Å². The van der Waals surface area contributed by atoms with Crippen LogP contribution in [0.1, 0.15) is 21.7 Å². The Morgan fingerprint density at radius 2 is 1.93 bits per heavy atom. The Hall–Kier alpha value is -3.87. The quantitative estimate of drug-likeness (QED) is 0.530. The minimum atomic E-state index is -0.290. The van der Waals surface area contributed by atoms with Crippen LogP contribution in [0.4, 0.5) is 11.5 Å². The standard InChI is InChI=1S/C23H23N5O2/c1-16-14-28-21(22(24-16)27(2)15-17-8-5-4-6-9-17)13-20(26-28)23(29)25-18-10-7-11-19(12-18)30-3/h4-14H,15H2,1-3H3,(H,25,29). The molecule has 7 nitrogen and oxygen atoms in total. The zero-order valence-corrected chi connectivity index (χ0v) is 17.2. The number of anilines is 2. The summed E-state index contributed by atoms with van der Waals surface area (Å²) in [6.45, 7) is 2.61. The van der Waals surface area contributed by atoms with Crippen LogP contribution >= 0.6 is 0 Å². The normalized spacial score (nSPS) is 10.8. The molecule has 2 heterocycles. The molecule has 2 aromatic carbocycles. The minimum absolute atomic E-state index is 0.290. The number of methoxy groups -OCH3 is 1. The zero-order chi connectivity index (χ0) is 21.1. The summed E-state index contributed by atoms with van der Waals surface area (Å²) in [6.07, 6.45) is 1.82. The van der Waals surface area contributed by atoms with Gasteiger partial charge >= 0.3 is 0 Å². The Kier molecular flexibility index (Phi) is 5.34. The van der Waals surface area contributed by atoms with Crippen LogP contribution < -0.4 is 15.0 Å². The maximum Gasteiger partial charge on any atom is 0.276 e. The molecule has 0 saturated heterocycles. The number of rotatable bonds is 6. The number of hydrogen-bond donors (Lipinski definition) is 1. The molecule has 0 aliphatic heterocycles. The first kappa shape index (κ1) is 19.4. The van der Waals surface area contributed by atoms with Crippen LogP contribution in [-0.4, -0.2) is 34.7 Å². The molecule has 0 spiro atoms. The number of carbonyl (C=O) groups excluding carboxylic acids is 1. The third kappa shape index (κ3) is 4.10. The zero-order valence-electron chi connectivity index (χ0n) is 17.2. The number of carbonyl (C=O) groups is 1. The van der Waals surface area contributed by atoms with Crippen LogP contribution in [0.2, 0.25) is 0 Å². The van der Waals surface area contributed by atoms with Gasteiger partial charge in [-0.25, -0.2) is 9.50 Å². The highest BCUT2D eigenvalue weighted by Gasteiger charge is 2.17. The van der Waals surface area contributed by atoms with Crippen LogP contribution in [-0.2, 0) is 6.54 Å². The van der Waals surface area contributed by atoms with Crippen LogP contribution in [0.25, 0.3) is 5.52 Å². The second kappa shape index (κ2) is 8.24. The summed E-state index contributed by atoms with van der Waals surface area (Å²) in [5.41, 5.74) is 3.73. The van der Waals surface area contributed by atoms with E-state index in [2.05, 4.69) is 27.4 Å². The van der Waals surface area contributed by atoms with Crippen molar-refractivity contribution in [3.63, 3.8) is 0 Å². The maximum absolute atomic E-state index is 12.8. The lowest BCUT2D eigenvalue weighted by Gasteiger charge is -2.19. The fraction of sp³-hybridized carbons (Fsp3) is 0.174. The van der Waals surface area contributed by atoms with E-state index in [1.807, 2.05) is 50.5 Å². The molecule has 2 aromatic heterocycles. The number of fused-ring (bicyclic) bond motifs is 1. The van der Waals surface area contributed by atoms with E-state index in [1.165, 1.54) is 5.56 Å². The van der Waals surface area contributed by atoms with Crippen molar-refractivity contribution >= 4 is 22.9 Å². The highest BCUT2D eigenvalue weighted by molar-refractivity contribution is 6.04. The lowest BCUT2D eigenvalue weighted by molar-refractivity contribution is 0.102. The van der Waals surface area contributed by atoms with E-state index >= 15 is 0 Å². The van der Waals surface area contributed by atoms with Gasteiger partial charge in [0.15, 0.2) is 11.5 Å². The van der Waals surface area contributed by atoms with Crippen molar-refractivity contribution in [3.05, 3.63) is 83.8 Å². The van der Waals surface area contributed by atoms with E-state index in [0.717, 1.165) is 17.0 Å². The number of aromatic nitrogens is 3. The van der Waals surface area contributed by atoms with Gasteiger partial charge in [0.25, 0.3) is 5.91 Å². The fourth-order valence-corrected chi connectivity index (χ4v) is 3.31. The Bertz CT molecular complexity index is 1190. The molecule has 4 aromatic rings. The van der Waals surface area contributed by atoms with Crippen molar-refractivity contribution in [1.29, 1.82) is 0 Å². The predicted molar refractivity (Wildman–Crippen MR) is 117 cm³/mol. The van der Waals surface area contributed by atoms with E-state index in [4.69, 9.17) is 9.72 Å². The summed E-state index contributed by atoms with van der Waals surface area (Å²) in [7, 11) is 3.57. The summed E-state index contributed by atoms with van der Waals surface area (Å²) >= 11 is 0. The van der Waals surface area contributed by atoms with Crippen molar-refractivity contribution in [1.82, 2.24) is 14.6 Å². The van der Waals surface area contributed by atoms with Gasteiger partial charge in [-0.1, -0.05) is 36.4 Å². The van der Waals surface area contributed by atoms with Crippen molar-refractivity contribution in [2.45, 2.75) is 13.5 Å². The predicted octanol–water partition coefficient (Wildman–Crippen LogP) is 3.94. The SMILES string of the molecule is COc1cccc(NC(=O)c2cc3c(N(C)Cc4ccccc4)nc(C)cn3n2)c1. The van der Waals surface area contributed by atoms with Gasteiger partial charge in [0.05, 0.1) is 19.0 Å². The van der Waals surface area contributed by atoms with Crippen LogP contribution in [0.15, 0.2) is 66.9 Å². The lowest BCUT2D eigenvalue weighted by Crippen LogP contribution is -2.19. The first-order chi connectivity index (χ1) is 14.5. The fourth-order valence-electron chi connectivity index (χ4n) is 3.31. The molecule has 0 radical (unpaired) electrons. The van der Waals surface area contributed by atoms with Gasteiger partial charge in [-0.05, 0) is 24.6 Å². The smallest absolute Gasteiger partial charge is 0.276 e. The number of amides is 1. The van der Waals surface area contributed by atoms with E-state index in [0.29, 0.717) is 23.7 Å².